The van der Waals surface area contributed by atoms with Crippen molar-refractivity contribution in [3.05, 3.63) is 101 Å². The number of carbonyl (C=O) groups is 5. The Morgan fingerprint density at radius 3 is 2.42 bits per heavy atom. The Bertz CT molecular complexity index is 2790. The molecular weight excluding hydrogens is 908 g/mol. The average molecular weight is 950 g/mol. The maximum Gasteiger partial charge on any atom is 0.421 e. The van der Waals surface area contributed by atoms with Crippen LogP contribution in [0.15, 0.2) is 73.2 Å². The molecule has 0 spiro atoms. The van der Waals surface area contributed by atoms with E-state index in [2.05, 4.69) is 51.8 Å². The first-order valence-electron chi connectivity index (χ1n) is 20.4. The normalized spacial score (nSPS) is 15.0. The second-order valence-corrected chi connectivity index (χ2v) is 16.9. The van der Waals surface area contributed by atoms with Gasteiger partial charge in [-0.3, -0.25) is 38.5 Å². The Morgan fingerprint density at radius 2 is 1.69 bits per heavy atom. The fraction of sp³-hybridized carbons (Fsp3) is 0.317. The van der Waals surface area contributed by atoms with E-state index in [9.17, 15) is 45.6 Å². The van der Waals surface area contributed by atoms with Gasteiger partial charge in [-0.2, -0.15) is 18.2 Å². The van der Waals surface area contributed by atoms with Crippen molar-refractivity contribution in [2.75, 3.05) is 71.8 Å². The molecule has 3 aromatic heterocycles. The van der Waals surface area contributed by atoms with E-state index >= 15 is 0 Å². The summed E-state index contributed by atoms with van der Waals surface area (Å²) in [6.07, 6.45) is -0.339. The first-order valence-corrected chi connectivity index (χ1v) is 22.2. The molecule has 5 amide bonds. The number of amides is 5. The van der Waals surface area contributed by atoms with Crippen molar-refractivity contribution in [1.29, 1.82) is 0 Å². The zero-order valence-corrected chi connectivity index (χ0v) is 36.5. The lowest BCUT2D eigenvalue weighted by Gasteiger charge is -2.27. The van der Waals surface area contributed by atoms with E-state index in [1.165, 1.54) is 54.5 Å². The number of nitrogens with one attached hydrogen (secondary N) is 5. The summed E-state index contributed by atoms with van der Waals surface area (Å²) in [7, 11) is -2.43. The van der Waals surface area contributed by atoms with E-state index in [4.69, 9.17) is 9.47 Å². The van der Waals surface area contributed by atoms with Crippen LogP contribution >= 0.6 is 0 Å². The number of fused-ring (bicyclic) bond motifs is 1. The monoisotopic (exact) mass is 949 g/mol. The molecule has 352 valence electrons. The molecule has 1 fully saturated rings. The highest BCUT2D eigenvalue weighted by atomic mass is 32.2. The number of rotatable bonds is 20. The van der Waals surface area contributed by atoms with E-state index in [1.54, 1.807) is 24.3 Å². The van der Waals surface area contributed by atoms with Gasteiger partial charge in [0.15, 0.2) is 5.69 Å². The quantitative estimate of drug-likeness (QED) is 0.0554. The molecule has 7 rings (SSSR count). The van der Waals surface area contributed by atoms with Crippen LogP contribution in [0.5, 0.6) is 0 Å². The number of carbonyl (C=O) groups excluding carboxylic acids is 5. The smallest absolute Gasteiger partial charge is 0.382 e. The first-order chi connectivity index (χ1) is 32.0. The minimum absolute atomic E-state index is 0.0228. The van der Waals surface area contributed by atoms with Gasteiger partial charge in [0.1, 0.15) is 23.2 Å². The number of aromatic nitrogens is 6. The molecule has 5 aromatic rings. The maximum absolute atomic E-state index is 13.9. The number of piperidine rings is 1. The molecule has 22 nitrogen and oxygen atoms in total. The third-order valence-electron chi connectivity index (χ3n) is 10.2. The zero-order chi connectivity index (χ0) is 47.9. The highest BCUT2D eigenvalue weighted by Gasteiger charge is 2.45. The Balaban J connectivity index is 0.822. The molecule has 5 heterocycles. The lowest BCUT2D eigenvalue weighted by Crippen LogP contribution is -2.54. The van der Waals surface area contributed by atoms with Gasteiger partial charge in [0.25, 0.3) is 17.7 Å². The number of sulfonamides is 1. The number of benzene rings is 2. The minimum atomic E-state index is -4.81. The summed E-state index contributed by atoms with van der Waals surface area (Å²) >= 11 is 0. The number of pyridine rings is 1. The molecular formula is C41H42F3N13O9S. The van der Waals surface area contributed by atoms with Crippen LogP contribution in [-0.2, 0) is 48.4 Å². The van der Waals surface area contributed by atoms with Crippen LogP contribution < -0.4 is 30.9 Å². The molecule has 0 aliphatic carbocycles. The van der Waals surface area contributed by atoms with Crippen molar-refractivity contribution in [1.82, 2.24) is 40.2 Å². The SMILES string of the molecule is CN(c1ncccc1CNc1nc(Nc2ccc(NC(=O)c3cn(CCOCCOCCNc4cccc5c4C(=O)N(C4CCC(=O)NC4=O)C5=O)nn3)cc2)ncc1C(F)(F)F)S(C)(=O)=O. The van der Waals surface area contributed by atoms with Gasteiger partial charge in [-0.05, 0) is 48.9 Å². The standard InChI is InChI=1S/C41H42F3N13O9S/c1-55(67(2,63)64)35-24(5-4-14-46-35)21-47-34-28(41(42,43)44)22-48-40(52-34)50-26-10-8-25(9-11-26)49-36(59)30-23-56(54-53-30)16-18-66-20-19-65-17-15-45-29-7-3-6-27-33(29)39(62)57(38(27)61)31-12-13-32(58)51-37(31)60/h3-11,14,22-23,31,45H,12-13,15-21H2,1-2H3,(H,49,59)(H,51,58,60)(H2,47,48,50,52). The van der Waals surface area contributed by atoms with E-state index in [1.807, 2.05) is 0 Å². The van der Waals surface area contributed by atoms with Crippen molar-refractivity contribution in [3.63, 3.8) is 0 Å². The summed E-state index contributed by atoms with van der Waals surface area (Å²) in [5.41, 5.74) is 0.664. The Kier molecular flexibility index (Phi) is 14.4. The summed E-state index contributed by atoms with van der Waals surface area (Å²) in [6.45, 7) is 1.28. The largest absolute Gasteiger partial charge is 0.421 e. The van der Waals surface area contributed by atoms with Gasteiger partial charge < -0.3 is 30.7 Å². The number of imide groups is 2. The van der Waals surface area contributed by atoms with Gasteiger partial charge in [-0.25, -0.2) is 23.1 Å². The van der Waals surface area contributed by atoms with Gasteiger partial charge in [-0.15, -0.1) is 5.10 Å². The number of hydrogen-bond acceptors (Lipinski definition) is 17. The molecule has 1 atom stereocenters. The molecule has 5 N–H and O–H groups in total. The predicted molar refractivity (Wildman–Crippen MR) is 233 cm³/mol. The van der Waals surface area contributed by atoms with E-state index in [-0.39, 0.29) is 80.9 Å². The fourth-order valence-corrected chi connectivity index (χ4v) is 7.32. The summed E-state index contributed by atoms with van der Waals surface area (Å²) in [6, 6.07) is 12.9. The Morgan fingerprint density at radius 1 is 0.940 bits per heavy atom. The molecule has 1 saturated heterocycles. The van der Waals surface area contributed by atoms with E-state index in [0.717, 1.165) is 15.5 Å². The van der Waals surface area contributed by atoms with Crippen LogP contribution in [-0.4, -0.2) is 125 Å². The number of alkyl halides is 3. The third-order valence-corrected chi connectivity index (χ3v) is 11.4. The van der Waals surface area contributed by atoms with E-state index in [0.29, 0.717) is 35.4 Å². The topological polar surface area (TPSA) is 274 Å². The van der Waals surface area contributed by atoms with Crippen molar-refractivity contribution >= 4 is 74.2 Å². The lowest BCUT2D eigenvalue weighted by atomic mass is 10.0. The summed E-state index contributed by atoms with van der Waals surface area (Å²) in [5.74, 6) is -3.61. The highest BCUT2D eigenvalue weighted by Crippen LogP contribution is 2.35. The van der Waals surface area contributed by atoms with Crippen molar-refractivity contribution < 1.29 is 55.0 Å². The number of nitrogens with zero attached hydrogens (tertiary/aromatic N) is 8. The van der Waals surface area contributed by atoms with Gasteiger partial charge in [0.05, 0.1) is 56.6 Å². The van der Waals surface area contributed by atoms with Gasteiger partial charge in [-0.1, -0.05) is 17.3 Å². The number of hydrogen-bond donors (Lipinski definition) is 5. The summed E-state index contributed by atoms with van der Waals surface area (Å²) in [5, 5.41) is 21.3. The third kappa shape index (κ3) is 11.5. The van der Waals surface area contributed by atoms with Crippen molar-refractivity contribution in [2.45, 2.75) is 38.1 Å². The number of anilines is 6. The molecule has 2 aliphatic heterocycles. The van der Waals surface area contributed by atoms with Crippen LogP contribution in [0.4, 0.5) is 47.8 Å². The highest BCUT2D eigenvalue weighted by molar-refractivity contribution is 7.92. The molecule has 1 unspecified atom stereocenters. The summed E-state index contributed by atoms with van der Waals surface area (Å²) in [4.78, 5) is 75.9. The Labute approximate surface area is 379 Å². The van der Waals surface area contributed by atoms with Crippen LogP contribution in [0.25, 0.3) is 0 Å². The zero-order valence-electron chi connectivity index (χ0n) is 35.7. The second kappa shape index (κ2) is 20.3. The average Bonchev–Trinajstić information content (AvgIpc) is 3.87. The van der Waals surface area contributed by atoms with Crippen LogP contribution in [0.1, 0.15) is 55.2 Å². The van der Waals surface area contributed by atoms with Gasteiger partial charge in [0.2, 0.25) is 27.8 Å². The second-order valence-electron chi connectivity index (χ2n) is 14.9. The molecule has 0 radical (unpaired) electrons. The van der Waals surface area contributed by atoms with Crippen LogP contribution in [0.2, 0.25) is 0 Å². The molecule has 0 bridgehead atoms. The van der Waals surface area contributed by atoms with E-state index < -0.39 is 63.2 Å². The first kappa shape index (κ1) is 47.4. The lowest BCUT2D eigenvalue weighted by molar-refractivity contribution is -0.138. The molecule has 2 aliphatic rings. The van der Waals surface area contributed by atoms with Crippen LogP contribution in [0.3, 0.4) is 0 Å². The predicted octanol–water partition coefficient (Wildman–Crippen LogP) is 3.03. The molecule has 67 heavy (non-hydrogen) atoms. The maximum atomic E-state index is 13.9. The molecule has 0 saturated carbocycles. The van der Waals surface area contributed by atoms with Crippen molar-refractivity contribution in [2.24, 2.45) is 0 Å². The Hall–Kier alpha value is -7.58. The minimum Gasteiger partial charge on any atom is -0.382 e. The van der Waals surface area contributed by atoms with Gasteiger partial charge in [0, 0.05) is 61.6 Å². The molecule has 2 aromatic carbocycles. The fourth-order valence-electron chi connectivity index (χ4n) is 6.85. The molecule has 26 heteroatoms. The van der Waals surface area contributed by atoms with Gasteiger partial charge >= 0.3 is 6.18 Å². The van der Waals surface area contributed by atoms with Crippen LogP contribution in [0, 0.1) is 0 Å². The number of halogens is 3. The summed E-state index contributed by atoms with van der Waals surface area (Å²) < 4.78 is 79.5. The number of ether oxygens (including phenoxy) is 2. The van der Waals surface area contributed by atoms with Crippen molar-refractivity contribution in [3.8, 4) is 0 Å².